The summed E-state index contributed by atoms with van der Waals surface area (Å²) >= 11 is 0. The zero-order chi connectivity index (χ0) is 43.7. The van der Waals surface area contributed by atoms with Crippen LogP contribution < -0.4 is 10.1 Å². The van der Waals surface area contributed by atoms with E-state index in [2.05, 4.69) is 15.3 Å². The van der Waals surface area contributed by atoms with Crippen LogP contribution in [0.1, 0.15) is 70.0 Å². The quantitative estimate of drug-likeness (QED) is 0.109. The van der Waals surface area contributed by atoms with Crippen LogP contribution in [-0.4, -0.2) is 130 Å². The number of ketones is 1. The minimum Gasteiger partial charge on any atom is -0.507 e. The molecule has 1 saturated heterocycles. The average molecular weight is 823 g/mol. The lowest BCUT2D eigenvalue weighted by molar-refractivity contribution is -0.160. The molecule has 9 atom stereocenters. The molecule has 2 aromatic rings. The van der Waals surface area contributed by atoms with E-state index in [0.29, 0.717) is 13.1 Å². The molecule has 1 amide bonds. The number of anilines is 1. The second kappa shape index (κ2) is 18.0. The number of piperazine rings is 1. The van der Waals surface area contributed by atoms with Crippen molar-refractivity contribution in [1.29, 1.82) is 0 Å². The van der Waals surface area contributed by atoms with Crippen LogP contribution in [0.15, 0.2) is 41.2 Å². The SMILES string of the molecule is CO[C@@H]1/C=C/O[C@]2(C)Oc3c(C)c(O)c4c(O)c(c(/C=N\N5CCN(C)CC5)c(O)c4c3C2=O)NC(=O)/C(C)=C/C=C/[C@@H](C)[C@@H](O)[C@H](C)[C@H](O)[C@H](C)[C@@H](OC(C)=O)[C@H]1C. The number of fused-ring (bicyclic) bond motifs is 14. The molecule has 0 aliphatic carbocycles. The van der Waals surface area contributed by atoms with Crippen molar-refractivity contribution in [1.82, 2.24) is 9.91 Å². The number of hydrogen-bond acceptors (Lipinski definition) is 15. The number of aromatic hydroxyl groups is 3. The number of aliphatic hydroxyl groups is 2. The van der Waals surface area contributed by atoms with Crippen molar-refractivity contribution in [2.45, 2.75) is 85.6 Å². The van der Waals surface area contributed by atoms with Crippen LogP contribution in [0.2, 0.25) is 0 Å². The predicted octanol–water partition coefficient (Wildman–Crippen LogP) is 4.34. The standard InChI is InChI=1S/C43H58N4O12/c1-21-12-11-13-22(2)42(55)45-33-28(20-44-47-17-15-46(9)16-18-47)37(52)30-31(38(33)53)36(51)26(6)40-32(30)41(54)43(8,59-40)57-19-14-29(56-10)23(3)39(58-27(7)48)25(5)35(50)24(4)34(21)49/h11-14,19-21,23-25,29,34-35,39,49-53H,15-18H2,1-10H3,(H,45,55)/b12-11+,19-14+,22-13+,44-20-/t21-,23+,24+,25+,29-,34-,35+,39+,43-/m1/s1. The zero-order valence-corrected chi connectivity index (χ0v) is 35.3. The molecule has 5 bridgehead atoms. The summed E-state index contributed by atoms with van der Waals surface area (Å²) in [7, 11) is 3.42. The first-order chi connectivity index (χ1) is 27.7. The summed E-state index contributed by atoms with van der Waals surface area (Å²) < 4.78 is 23.6. The number of carbonyl (C=O) groups excluding carboxylic acids is 3. The molecular weight excluding hydrogens is 764 g/mol. The van der Waals surface area contributed by atoms with Crippen molar-refractivity contribution < 1.29 is 58.9 Å². The second-order valence-electron chi connectivity index (χ2n) is 16.1. The highest BCUT2D eigenvalue weighted by molar-refractivity contribution is 6.23. The number of nitrogens with zero attached hydrogens (tertiary/aromatic N) is 3. The number of hydrogen-bond donors (Lipinski definition) is 6. The van der Waals surface area contributed by atoms with Gasteiger partial charge in [-0.2, -0.15) is 5.10 Å². The van der Waals surface area contributed by atoms with E-state index in [4.69, 9.17) is 18.9 Å². The maximum absolute atomic E-state index is 14.4. The summed E-state index contributed by atoms with van der Waals surface area (Å²) in [6.07, 6.45) is 4.86. The second-order valence-corrected chi connectivity index (χ2v) is 16.1. The number of aliphatic hydroxyl groups excluding tert-OH is 2. The van der Waals surface area contributed by atoms with Crippen LogP contribution in [0, 0.1) is 30.6 Å². The first kappa shape index (κ1) is 44.9. The summed E-state index contributed by atoms with van der Waals surface area (Å²) in [6.45, 7) is 15.1. The molecule has 322 valence electrons. The molecule has 1 fully saturated rings. The number of carbonyl (C=O) groups is 3. The number of phenolic OH excluding ortho intramolecular Hbond substituents is 3. The topological polar surface area (TPSA) is 220 Å². The maximum Gasteiger partial charge on any atom is 0.312 e. The number of esters is 1. The number of rotatable bonds is 4. The van der Waals surface area contributed by atoms with Crippen LogP contribution in [0.4, 0.5) is 5.69 Å². The molecule has 0 radical (unpaired) electrons. The molecule has 0 saturated carbocycles. The molecule has 4 heterocycles. The number of methoxy groups -OCH3 is 1. The van der Waals surface area contributed by atoms with Crippen LogP contribution in [0.25, 0.3) is 10.8 Å². The Hall–Kier alpha value is -5.16. The Bertz CT molecular complexity index is 2070. The molecule has 4 aliphatic heterocycles. The fourth-order valence-corrected chi connectivity index (χ4v) is 7.92. The number of ether oxygens (including phenoxy) is 4. The molecular formula is C43H58N4O12. The van der Waals surface area contributed by atoms with Gasteiger partial charge in [0.2, 0.25) is 0 Å². The van der Waals surface area contributed by atoms with Gasteiger partial charge in [-0.15, -0.1) is 0 Å². The van der Waals surface area contributed by atoms with Gasteiger partial charge in [-0.25, -0.2) is 0 Å². The Labute approximate surface area is 344 Å². The largest absolute Gasteiger partial charge is 0.507 e. The number of likely N-dealkylation sites (N-methyl/N-ethyl adjacent to an activating group) is 1. The smallest absolute Gasteiger partial charge is 0.312 e. The van der Waals surface area contributed by atoms with E-state index in [1.54, 1.807) is 44.9 Å². The van der Waals surface area contributed by atoms with Gasteiger partial charge in [0, 0.05) is 87.3 Å². The minimum absolute atomic E-state index is 0.0559. The first-order valence-electron chi connectivity index (χ1n) is 19.8. The highest BCUT2D eigenvalue weighted by atomic mass is 16.7. The molecule has 4 aliphatic rings. The van der Waals surface area contributed by atoms with E-state index in [1.807, 2.05) is 7.05 Å². The third-order valence-electron chi connectivity index (χ3n) is 11.9. The molecule has 6 N–H and O–H groups in total. The lowest BCUT2D eigenvalue weighted by Crippen LogP contribution is -2.46. The van der Waals surface area contributed by atoms with Gasteiger partial charge < -0.3 is 54.7 Å². The van der Waals surface area contributed by atoms with Gasteiger partial charge in [0.1, 0.15) is 23.4 Å². The molecule has 2 aromatic carbocycles. The maximum atomic E-state index is 14.4. The van der Waals surface area contributed by atoms with Crippen molar-refractivity contribution in [3.8, 4) is 23.0 Å². The molecule has 16 nitrogen and oxygen atoms in total. The van der Waals surface area contributed by atoms with E-state index in [-0.39, 0.29) is 44.5 Å². The van der Waals surface area contributed by atoms with Crippen LogP contribution >= 0.6 is 0 Å². The summed E-state index contributed by atoms with van der Waals surface area (Å²) in [4.78, 5) is 42.6. The fourth-order valence-electron chi connectivity index (χ4n) is 7.92. The third-order valence-corrected chi connectivity index (χ3v) is 11.9. The minimum atomic E-state index is -2.04. The van der Waals surface area contributed by atoms with E-state index in [1.165, 1.54) is 59.4 Å². The van der Waals surface area contributed by atoms with Crippen molar-refractivity contribution in [3.63, 3.8) is 0 Å². The van der Waals surface area contributed by atoms with E-state index in [9.17, 15) is 39.9 Å². The van der Waals surface area contributed by atoms with Gasteiger partial charge >= 0.3 is 11.8 Å². The molecule has 59 heavy (non-hydrogen) atoms. The molecule has 0 unspecified atom stereocenters. The summed E-state index contributed by atoms with van der Waals surface area (Å²) in [5, 5.41) is 66.8. The molecule has 0 aromatic heterocycles. The molecule has 6 rings (SSSR count). The average Bonchev–Trinajstić information content (AvgIpc) is 3.46. The normalized spacial score (nSPS) is 32.1. The number of hydrazone groups is 1. The summed E-state index contributed by atoms with van der Waals surface area (Å²) in [6, 6.07) is 0. The lowest BCUT2D eigenvalue weighted by Gasteiger charge is -2.38. The highest BCUT2D eigenvalue weighted by Gasteiger charge is 2.50. The number of phenols is 3. The monoisotopic (exact) mass is 822 g/mol. The predicted molar refractivity (Wildman–Crippen MR) is 220 cm³/mol. The summed E-state index contributed by atoms with van der Waals surface area (Å²) in [5.41, 5.74) is -0.350. The first-order valence-corrected chi connectivity index (χ1v) is 19.8. The van der Waals surface area contributed by atoms with E-state index >= 15 is 0 Å². The van der Waals surface area contributed by atoms with E-state index in [0.717, 1.165) is 13.1 Å². The van der Waals surface area contributed by atoms with Gasteiger partial charge in [-0.05, 0) is 27.0 Å². The fraction of sp³-hybridized carbons (Fsp3) is 0.535. The van der Waals surface area contributed by atoms with Crippen LogP contribution in [0.3, 0.4) is 0 Å². The number of nitrogens with one attached hydrogen (secondary N) is 1. The third kappa shape index (κ3) is 8.91. The van der Waals surface area contributed by atoms with Gasteiger partial charge in [0.25, 0.3) is 11.7 Å². The Morgan fingerprint density at radius 3 is 2.24 bits per heavy atom. The Morgan fingerprint density at radius 2 is 1.61 bits per heavy atom. The van der Waals surface area contributed by atoms with Crippen LogP contribution in [-0.2, 0) is 23.8 Å². The molecule has 0 spiro atoms. The Balaban J connectivity index is 1.70. The number of Topliss-reactive ketones (excluding diaryl/α,β-unsaturated/α-hetero) is 1. The number of amides is 1. The van der Waals surface area contributed by atoms with Crippen molar-refractivity contribution >= 4 is 40.3 Å². The van der Waals surface area contributed by atoms with Gasteiger partial charge in [-0.3, -0.25) is 19.4 Å². The molecule has 16 heteroatoms. The van der Waals surface area contributed by atoms with E-state index < -0.39 is 88.8 Å². The lowest BCUT2D eigenvalue weighted by atomic mass is 9.78. The highest BCUT2D eigenvalue weighted by Crippen LogP contribution is 2.55. The Kier molecular flexibility index (Phi) is 13.7. The number of benzene rings is 2. The zero-order valence-electron chi connectivity index (χ0n) is 35.3. The van der Waals surface area contributed by atoms with Crippen molar-refractivity contribution in [2.24, 2.45) is 28.8 Å². The Morgan fingerprint density at radius 1 is 0.949 bits per heavy atom. The van der Waals surface area contributed by atoms with Gasteiger partial charge in [0.15, 0.2) is 5.75 Å². The summed E-state index contributed by atoms with van der Waals surface area (Å²) in [5.74, 6) is -8.34. The van der Waals surface area contributed by atoms with Gasteiger partial charge in [-0.1, -0.05) is 45.9 Å². The van der Waals surface area contributed by atoms with Crippen molar-refractivity contribution in [3.05, 3.63) is 52.8 Å². The van der Waals surface area contributed by atoms with Crippen LogP contribution in [0.5, 0.6) is 23.0 Å². The van der Waals surface area contributed by atoms with Crippen molar-refractivity contribution in [2.75, 3.05) is 45.7 Å². The van der Waals surface area contributed by atoms with Gasteiger partial charge in [0.05, 0.1) is 53.0 Å². The number of allylic oxidation sites excluding steroid dienone is 2.